The number of hydrogen-bond donors (Lipinski definition) is 1. The molecule has 0 aliphatic heterocycles. The normalized spacial score (nSPS) is 12.2. The molecule has 0 saturated carbocycles. The third kappa shape index (κ3) is 3.36. The first-order valence-electron chi connectivity index (χ1n) is 6.71. The Hall–Kier alpha value is -1.80. The molecule has 0 radical (unpaired) electrons. The van der Waals surface area contributed by atoms with Crippen molar-refractivity contribution in [2.24, 2.45) is 5.73 Å². The van der Waals surface area contributed by atoms with Crippen LogP contribution in [0, 0.1) is 13.8 Å². The summed E-state index contributed by atoms with van der Waals surface area (Å²) in [5.74, 6) is 1.71. The number of benzene rings is 2. The van der Waals surface area contributed by atoms with Crippen molar-refractivity contribution >= 4 is 0 Å². The van der Waals surface area contributed by atoms with Crippen LogP contribution in [-0.2, 0) is 0 Å². The van der Waals surface area contributed by atoms with Crippen LogP contribution >= 0.6 is 0 Å². The van der Waals surface area contributed by atoms with Crippen LogP contribution in [0.3, 0.4) is 0 Å². The molecule has 2 aromatic carbocycles. The fraction of sp³-hybridized carbons (Fsp3) is 0.294. The molecule has 100 valence electrons. The summed E-state index contributed by atoms with van der Waals surface area (Å²) in [6, 6.07) is 14.2. The quantitative estimate of drug-likeness (QED) is 0.872. The van der Waals surface area contributed by atoms with Crippen molar-refractivity contribution in [3.05, 3.63) is 59.2 Å². The minimum absolute atomic E-state index is 0.107. The van der Waals surface area contributed by atoms with Crippen LogP contribution in [0.2, 0.25) is 0 Å². The summed E-state index contributed by atoms with van der Waals surface area (Å²) in [4.78, 5) is 0. The van der Waals surface area contributed by atoms with E-state index in [4.69, 9.17) is 10.5 Å². The van der Waals surface area contributed by atoms with Gasteiger partial charge in [0.1, 0.15) is 11.5 Å². The third-order valence-corrected chi connectivity index (χ3v) is 3.46. The van der Waals surface area contributed by atoms with E-state index in [0.29, 0.717) is 0 Å². The highest BCUT2D eigenvalue weighted by Gasteiger charge is 2.04. The summed E-state index contributed by atoms with van der Waals surface area (Å²) in [6.07, 6.45) is 0.942. The number of nitrogens with two attached hydrogens (primary N) is 1. The van der Waals surface area contributed by atoms with Crippen LogP contribution in [0.1, 0.15) is 36.1 Å². The smallest absolute Gasteiger partial charge is 0.127 e. The van der Waals surface area contributed by atoms with E-state index < -0.39 is 0 Å². The lowest BCUT2D eigenvalue weighted by molar-refractivity contribution is 0.481. The standard InChI is InChI=1S/C17H21NO/c1-4-17(18)14-6-9-15(10-7-14)19-16-8-5-12(2)13(3)11-16/h5-11,17H,4,18H2,1-3H3. The Labute approximate surface area is 115 Å². The Bertz CT molecular complexity index is 546. The molecule has 0 aliphatic carbocycles. The summed E-state index contributed by atoms with van der Waals surface area (Å²) in [5.41, 5.74) is 9.65. The van der Waals surface area contributed by atoms with E-state index in [1.54, 1.807) is 0 Å². The Morgan fingerprint density at radius 3 is 2.16 bits per heavy atom. The van der Waals surface area contributed by atoms with Crippen molar-refractivity contribution in [2.45, 2.75) is 33.2 Å². The highest BCUT2D eigenvalue weighted by Crippen LogP contribution is 2.25. The van der Waals surface area contributed by atoms with Crippen LogP contribution in [-0.4, -0.2) is 0 Å². The SMILES string of the molecule is CCC(N)c1ccc(Oc2ccc(C)c(C)c2)cc1. The van der Waals surface area contributed by atoms with Crippen molar-refractivity contribution < 1.29 is 4.74 Å². The molecule has 0 spiro atoms. The molecule has 19 heavy (non-hydrogen) atoms. The van der Waals surface area contributed by atoms with Gasteiger partial charge in [0.15, 0.2) is 0 Å². The maximum absolute atomic E-state index is 5.99. The summed E-state index contributed by atoms with van der Waals surface area (Å²) < 4.78 is 5.84. The molecule has 0 fully saturated rings. The summed E-state index contributed by atoms with van der Waals surface area (Å²) in [5, 5.41) is 0. The van der Waals surface area contributed by atoms with Gasteiger partial charge in [0.05, 0.1) is 0 Å². The van der Waals surface area contributed by atoms with Gasteiger partial charge in [-0.25, -0.2) is 0 Å². The van der Waals surface area contributed by atoms with Crippen LogP contribution in [0.4, 0.5) is 0 Å². The highest BCUT2D eigenvalue weighted by molar-refractivity contribution is 5.38. The zero-order valence-corrected chi connectivity index (χ0v) is 11.8. The third-order valence-electron chi connectivity index (χ3n) is 3.46. The highest BCUT2D eigenvalue weighted by atomic mass is 16.5. The Kier molecular flexibility index (Phi) is 4.23. The van der Waals surface area contributed by atoms with Crippen LogP contribution in [0.15, 0.2) is 42.5 Å². The lowest BCUT2D eigenvalue weighted by Crippen LogP contribution is -2.07. The van der Waals surface area contributed by atoms with Gasteiger partial charge >= 0.3 is 0 Å². The molecule has 0 heterocycles. The Balaban J connectivity index is 2.12. The molecule has 0 bridgehead atoms. The second-order valence-electron chi connectivity index (χ2n) is 4.93. The molecule has 1 atom stereocenters. The van der Waals surface area contributed by atoms with Crippen molar-refractivity contribution in [1.82, 2.24) is 0 Å². The maximum Gasteiger partial charge on any atom is 0.127 e. The van der Waals surface area contributed by atoms with Gasteiger partial charge in [-0.3, -0.25) is 0 Å². The van der Waals surface area contributed by atoms with Crippen molar-refractivity contribution in [1.29, 1.82) is 0 Å². The van der Waals surface area contributed by atoms with E-state index in [9.17, 15) is 0 Å². The average molecular weight is 255 g/mol. The molecule has 0 amide bonds. The predicted octanol–water partition coefficient (Wildman–Crippen LogP) is 4.51. The second-order valence-corrected chi connectivity index (χ2v) is 4.93. The van der Waals surface area contributed by atoms with Crippen molar-refractivity contribution in [3.63, 3.8) is 0 Å². The monoisotopic (exact) mass is 255 g/mol. The van der Waals surface area contributed by atoms with E-state index in [1.165, 1.54) is 11.1 Å². The fourth-order valence-corrected chi connectivity index (χ4v) is 1.93. The predicted molar refractivity (Wildman–Crippen MR) is 79.7 cm³/mol. The molecule has 0 saturated heterocycles. The second kappa shape index (κ2) is 5.89. The first-order valence-corrected chi connectivity index (χ1v) is 6.71. The molecular formula is C17H21NO. The summed E-state index contributed by atoms with van der Waals surface area (Å²) in [6.45, 7) is 6.27. The van der Waals surface area contributed by atoms with Gasteiger partial charge in [-0.15, -0.1) is 0 Å². The lowest BCUT2D eigenvalue weighted by Gasteiger charge is -2.11. The van der Waals surface area contributed by atoms with E-state index in [1.807, 2.05) is 30.3 Å². The zero-order chi connectivity index (χ0) is 13.8. The maximum atomic E-state index is 5.99. The van der Waals surface area contributed by atoms with Gasteiger partial charge in [0, 0.05) is 6.04 Å². The largest absolute Gasteiger partial charge is 0.457 e. The van der Waals surface area contributed by atoms with Gasteiger partial charge in [0.2, 0.25) is 0 Å². The van der Waals surface area contributed by atoms with E-state index in [-0.39, 0.29) is 6.04 Å². The van der Waals surface area contributed by atoms with Crippen LogP contribution < -0.4 is 10.5 Å². The first kappa shape index (κ1) is 13.6. The summed E-state index contributed by atoms with van der Waals surface area (Å²) >= 11 is 0. The molecule has 1 unspecified atom stereocenters. The molecule has 0 aliphatic rings. The molecule has 0 aromatic heterocycles. The van der Waals surface area contributed by atoms with Gasteiger partial charge in [-0.1, -0.05) is 25.1 Å². The Morgan fingerprint density at radius 1 is 0.947 bits per heavy atom. The minimum Gasteiger partial charge on any atom is -0.457 e. The molecule has 2 N–H and O–H groups in total. The molecule has 2 rings (SSSR count). The Morgan fingerprint density at radius 2 is 1.58 bits per heavy atom. The summed E-state index contributed by atoms with van der Waals surface area (Å²) in [7, 11) is 0. The topological polar surface area (TPSA) is 35.2 Å². The van der Waals surface area contributed by atoms with Gasteiger partial charge < -0.3 is 10.5 Å². The number of ether oxygens (including phenoxy) is 1. The van der Waals surface area contributed by atoms with E-state index in [0.717, 1.165) is 23.5 Å². The van der Waals surface area contributed by atoms with Gasteiger partial charge in [-0.05, 0) is 61.2 Å². The fourth-order valence-electron chi connectivity index (χ4n) is 1.93. The van der Waals surface area contributed by atoms with Gasteiger partial charge in [-0.2, -0.15) is 0 Å². The molecular weight excluding hydrogens is 234 g/mol. The van der Waals surface area contributed by atoms with Gasteiger partial charge in [0.25, 0.3) is 0 Å². The van der Waals surface area contributed by atoms with Crippen molar-refractivity contribution in [2.75, 3.05) is 0 Å². The van der Waals surface area contributed by atoms with Crippen LogP contribution in [0.5, 0.6) is 11.5 Å². The molecule has 2 heteroatoms. The van der Waals surface area contributed by atoms with E-state index in [2.05, 4.69) is 32.9 Å². The minimum atomic E-state index is 0.107. The average Bonchev–Trinajstić information content (AvgIpc) is 2.43. The number of aryl methyl sites for hydroxylation is 2. The zero-order valence-electron chi connectivity index (χ0n) is 11.8. The molecule has 2 aromatic rings. The number of rotatable bonds is 4. The lowest BCUT2D eigenvalue weighted by atomic mass is 10.1. The number of hydrogen-bond acceptors (Lipinski definition) is 2. The van der Waals surface area contributed by atoms with Crippen molar-refractivity contribution in [3.8, 4) is 11.5 Å². The molecule has 2 nitrogen and oxygen atoms in total. The first-order chi connectivity index (χ1) is 9.10. The van der Waals surface area contributed by atoms with E-state index >= 15 is 0 Å². The van der Waals surface area contributed by atoms with Crippen LogP contribution in [0.25, 0.3) is 0 Å².